The molecule has 4 nitrogen and oxygen atoms in total. The highest BCUT2D eigenvalue weighted by Crippen LogP contribution is 2.29. The van der Waals surface area contributed by atoms with Crippen molar-refractivity contribution in [3.05, 3.63) is 58.3 Å². The van der Waals surface area contributed by atoms with E-state index in [4.69, 9.17) is 23.2 Å². The lowest BCUT2D eigenvalue weighted by atomic mass is 10.1. The summed E-state index contributed by atoms with van der Waals surface area (Å²) in [6.07, 6.45) is 3.48. The minimum atomic E-state index is -0.208. The van der Waals surface area contributed by atoms with Crippen molar-refractivity contribution in [1.29, 1.82) is 0 Å². The van der Waals surface area contributed by atoms with Crippen LogP contribution in [0.3, 0.4) is 0 Å². The lowest BCUT2D eigenvalue weighted by Gasteiger charge is -2.14. The van der Waals surface area contributed by atoms with Gasteiger partial charge in [0.2, 0.25) is 5.91 Å². The first-order chi connectivity index (χ1) is 10.1. The number of hydrogen-bond acceptors (Lipinski definition) is 3. The molecule has 0 aliphatic carbocycles. The molecule has 0 spiro atoms. The van der Waals surface area contributed by atoms with Gasteiger partial charge in [-0.3, -0.25) is 9.78 Å². The molecule has 0 fully saturated rings. The predicted octanol–water partition coefficient (Wildman–Crippen LogP) is 3.68. The number of aromatic nitrogens is 1. The molecular weight excluding hydrogens is 309 g/mol. The molecule has 2 rings (SSSR count). The maximum atomic E-state index is 11.9. The molecule has 110 valence electrons. The summed E-state index contributed by atoms with van der Waals surface area (Å²) in [5.74, 6) is -0.208. The second-order valence-electron chi connectivity index (χ2n) is 4.53. The van der Waals surface area contributed by atoms with Gasteiger partial charge in [-0.15, -0.1) is 0 Å². The van der Waals surface area contributed by atoms with Gasteiger partial charge >= 0.3 is 0 Å². The molecule has 0 aliphatic heterocycles. The van der Waals surface area contributed by atoms with E-state index in [2.05, 4.69) is 15.6 Å². The Morgan fingerprint density at radius 1 is 1.24 bits per heavy atom. The van der Waals surface area contributed by atoms with Crippen molar-refractivity contribution in [2.45, 2.75) is 13.0 Å². The van der Waals surface area contributed by atoms with E-state index < -0.39 is 0 Å². The summed E-state index contributed by atoms with van der Waals surface area (Å²) < 4.78 is 0. The largest absolute Gasteiger partial charge is 0.322 e. The van der Waals surface area contributed by atoms with Crippen LogP contribution in [-0.4, -0.2) is 17.4 Å². The van der Waals surface area contributed by atoms with Crippen molar-refractivity contribution < 1.29 is 4.79 Å². The lowest BCUT2D eigenvalue weighted by molar-refractivity contribution is -0.115. The number of halogens is 2. The zero-order chi connectivity index (χ0) is 15.2. The number of pyridine rings is 1. The molecule has 0 saturated heterocycles. The summed E-state index contributed by atoms with van der Waals surface area (Å²) in [6.45, 7) is 2.12. The number of nitrogens with zero attached hydrogens (tertiary/aromatic N) is 1. The van der Waals surface area contributed by atoms with E-state index in [1.807, 2.05) is 19.1 Å². The van der Waals surface area contributed by atoms with E-state index >= 15 is 0 Å². The fourth-order valence-electron chi connectivity index (χ4n) is 1.80. The van der Waals surface area contributed by atoms with Crippen LogP contribution in [0.5, 0.6) is 0 Å². The zero-order valence-corrected chi connectivity index (χ0v) is 12.9. The summed E-state index contributed by atoms with van der Waals surface area (Å²) in [4.78, 5) is 16.0. The monoisotopic (exact) mass is 323 g/mol. The lowest BCUT2D eigenvalue weighted by Crippen LogP contribution is -2.30. The van der Waals surface area contributed by atoms with Crippen molar-refractivity contribution in [3.8, 4) is 0 Å². The number of para-hydroxylation sites is 1. The third-order valence-electron chi connectivity index (χ3n) is 2.98. The molecule has 0 radical (unpaired) electrons. The summed E-state index contributed by atoms with van der Waals surface area (Å²) in [7, 11) is 0. The minimum Gasteiger partial charge on any atom is -0.322 e. The Kier molecular flexibility index (Phi) is 5.56. The summed E-state index contributed by atoms with van der Waals surface area (Å²) in [6, 6.07) is 8.91. The molecule has 1 aromatic heterocycles. The third kappa shape index (κ3) is 4.43. The summed E-state index contributed by atoms with van der Waals surface area (Å²) in [5, 5.41) is 6.65. The van der Waals surface area contributed by atoms with Crippen LogP contribution >= 0.6 is 23.2 Å². The van der Waals surface area contributed by atoms with Gasteiger partial charge in [-0.05, 0) is 30.7 Å². The quantitative estimate of drug-likeness (QED) is 0.882. The number of nitrogens with one attached hydrogen (secondary N) is 2. The van der Waals surface area contributed by atoms with Gasteiger partial charge in [0.15, 0.2) is 0 Å². The Bertz CT molecular complexity index is 599. The first-order valence-electron chi connectivity index (χ1n) is 6.45. The van der Waals surface area contributed by atoms with E-state index in [1.165, 1.54) is 0 Å². The van der Waals surface area contributed by atoms with Gasteiger partial charge in [0.1, 0.15) is 0 Å². The van der Waals surface area contributed by atoms with Crippen LogP contribution in [-0.2, 0) is 4.79 Å². The van der Waals surface area contributed by atoms with Crippen molar-refractivity contribution in [1.82, 2.24) is 10.3 Å². The molecule has 6 heteroatoms. The molecule has 0 unspecified atom stereocenters. The van der Waals surface area contributed by atoms with Gasteiger partial charge in [-0.25, -0.2) is 0 Å². The van der Waals surface area contributed by atoms with E-state index in [1.54, 1.807) is 30.6 Å². The van der Waals surface area contributed by atoms with Crippen LogP contribution in [0.25, 0.3) is 0 Å². The van der Waals surface area contributed by atoms with Crippen molar-refractivity contribution in [2.75, 3.05) is 11.9 Å². The average Bonchev–Trinajstić information content (AvgIpc) is 2.49. The number of hydrogen-bond donors (Lipinski definition) is 2. The molecule has 0 bridgehead atoms. The fourth-order valence-corrected chi connectivity index (χ4v) is 2.29. The number of benzene rings is 1. The minimum absolute atomic E-state index is 0.0196. The highest BCUT2D eigenvalue weighted by Gasteiger charge is 2.11. The standard InChI is InChI=1S/C15H15Cl2N3O/c1-10(11-4-3-7-18-8-11)19-9-14(21)20-15-12(16)5-2-6-13(15)17/h2-8,10,19H,9H2,1H3,(H,20,21)/t10-/m0/s1. The highest BCUT2D eigenvalue weighted by molar-refractivity contribution is 6.39. The zero-order valence-electron chi connectivity index (χ0n) is 11.4. The maximum absolute atomic E-state index is 11.9. The number of carbonyl (C=O) groups is 1. The van der Waals surface area contributed by atoms with Crippen LogP contribution in [0.2, 0.25) is 10.0 Å². The molecule has 2 N–H and O–H groups in total. The van der Waals surface area contributed by atoms with Crippen LogP contribution in [0.1, 0.15) is 18.5 Å². The predicted molar refractivity (Wildman–Crippen MR) is 85.7 cm³/mol. The first kappa shape index (κ1) is 15.8. The van der Waals surface area contributed by atoms with Crippen LogP contribution in [0.4, 0.5) is 5.69 Å². The average molecular weight is 324 g/mol. The topological polar surface area (TPSA) is 54.0 Å². The van der Waals surface area contributed by atoms with Crippen molar-refractivity contribution in [2.24, 2.45) is 0 Å². The third-order valence-corrected chi connectivity index (χ3v) is 3.61. The van der Waals surface area contributed by atoms with Gasteiger partial charge in [0, 0.05) is 18.4 Å². The molecule has 0 saturated carbocycles. The smallest absolute Gasteiger partial charge is 0.238 e. The Balaban J connectivity index is 1.91. The van der Waals surface area contributed by atoms with Gasteiger partial charge in [0.25, 0.3) is 0 Å². The second-order valence-corrected chi connectivity index (χ2v) is 5.35. The Hall–Kier alpha value is -1.62. The van der Waals surface area contributed by atoms with Crippen molar-refractivity contribution >= 4 is 34.8 Å². The molecule has 1 atom stereocenters. The number of amides is 1. The number of carbonyl (C=O) groups excluding carboxylic acids is 1. The van der Waals surface area contributed by atoms with Crippen molar-refractivity contribution in [3.63, 3.8) is 0 Å². The molecule has 1 amide bonds. The molecule has 21 heavy (non-hydrogen) atoms. The number of rotatable bonds is 5. The molecule has 1 aromatic carbocycles. The SMILES string of the molecule is C[C@H](NCC(=O)Nc1c(Cl)cccc1Cl)c1cccnc1. The van der Waals surface area contributed by atoms with E-state index in [-0.39, 0.29) is 18.5 Å². The second kappa shape index (κ2) is 7.41. The van der Waals surface area contributed by atoms with E-state index in [0.29, 0.717) is 15.7 Å². The normalized spacial score (nSPS) is 12.0. The van der Waals surface area contributed by atoms with Gasteiger partial charge in [-0.1, -0.05) is 35.3 Å². The van der Waals surface area contributed by atoms with Crippen LogP contribution in [0, 0.1) is 0 Å². The first-order valence-corrected chi connectivity index (χ1v) is 7.20. The van der Waals surface area contributed by atoms with Gasteiger partial charge in [-0.2, -0.15) is 0 Å². The Morgan fingerprint density at radius 2 is 1.95 bits per heavy atom. The Labute approximate surface area is 133 Å². The Morgan fingerprint density at radius 3 is 2.57 bits per heavy atom. The molecule has 0 aliphatic rings. The van der Waals surface area contributed by atoms with E-state index in [9.17, 15) is 4.79 Å². The van der Waals surface area contributed by atoms with Crippen LogP contribution in [0.15, 0.2) is 42.7 Å². The summed E-state index contributed by atoms with van der Waals surface area (Å²) in [5.41, 5.74) is 1.45. The highest BCUT2D eigenvalue weighted by atomic mass is 35.5. The maximum Gasteiger partial charge on any atom is 0.238 e. The molecule has 2 aromatic rings. The number of anilines is 1. The summed E-state index contributed by atoms with van der Waals surface area (Å²) >= 11 is 12.0. The van der Waals surface area contributed by atoms with E-state index in [0.717, 1.165) is 5.56 Å². The van der Waals surface area contributed by atoms with Gasteiger partial charge in [0.05, 0.1) is 22.3 Å². The fraction of sp³-hybridized carbons (Fsp3) is 0.200. The molecule has 1 heterocycles. The molecular formula is C15H15Cl2N3O. The van der Waals surface area contributed by atoms with Crippen LogP contribution < -0.4 is 10.6 Å². The van der Waals surface area contributed by atoms with Gasteiger partial charge < -0.3 is 10.6 Å².